The van der Waals surface area contributed by atoms with Gasteiger partial charge in [-0.3, -0.25) is 9.59 Å². The summed E-state index contributed by atoms with van der Waals surface area (Å²) < 4.78 is 0. The van der Waals surface area contributed by atoms with Gasteiger partial charge in [0.1, 0.15) is 6.29 Å². The van der Waals surface area contributed by atoms with Crippen LogP contribution in [-0.4, -0.2) is 83.2 Å². The first kappa shape index (κ1) is 26.8. The highest BCUT2D eigenvalue weighted by Crippen LogP contribution is 2.33. The number of carbonyl (C=O) groups is 2. The number of amides is 1. The van der Waals surface area contributed by atoms with E-state index in [4.69, 9.17) is 4.99 Å². The Kier molecular flexibility index (Phi) is 8.35. The number of aldehydes is 1. The van der Waals surface area contributed by atoms with Crippen LogP contribution in [0, 0.1) is 6.92 Å². The maximum absolute atomic E-state index is 13.1. The van der Waals surface area contributed by atoms with Crippen molar-refractivity contribution in [3.63, 3.8) is 0 Å². The van der Waals surface area contributed by atoms with E-state index in [1.54, 1.807) is 35.2 Å². The van der Waals surface area contributed by atoms with Crippen molar-refractivity contribution in [2.45, 2.75) is 6.92 Å². The van der Waals surface area contributed by atoms with Crippen molar-refractivity contribution < 1.29 is 19.8 Å². The maximum Gasteiger partial charge on any atom is 0.253 e. The van der Waals surface area contributed by atoms with Crippen LogP contribution < -0.4 is 0 Å². The summed E-state index contributed by atoms with van der Waals surface area (Å²) in [5.41, 5.74) is 4.98. The first-order valence-electron chi connectivity index (χ1n) is 12.4. The number of aromatic amines is 1. The Morgan fingerprint density at radius 2 is 1.68 bits per heavy atom. The van der Waals surface area contributed by atoms with Crippen molar-refractivity contribution in [3.05, 3.63) is 94.5 Å². The molecule has 0 spiro atoms. The molecule has 3 N–H and O–H groups in total. The summed E-state index contributed by atoms with van der Waals surface area (Å²) in [4.78, 5) is 36.0. The summed E-state index contributed by atoms with van der Waals surface area (Å²) in [5.74, 6) is -0.201. The van der Waals surface area contributed by atoms with E-state index in [0.717, 1.165) is 22.8 Å². The molecule has 1 amide bonds. The molecule has 0 aliphatic rings. The molecule has 0 radical (unpaired) electrons. The van der Waals surface area contributed by atoms with Gasteiger partial charge in [0.2, 0.25) is 0 Å². The number of nitrogens with one attached hydrogen (secondary N) is 1. The van der Waals surface area contributed by atoms with Crippen molar-refractivity contribution in [1.82, 2.24) is 14.8 Å². The number of aromatic hydroxyl groups is 1. The summed E-state index contributed by atoms with van der Waals surface area (Å²) in [6.07, 6.45) is 0.795. The molecule has 3 aromatic carbocycles. The molecular weight excluding hydrogens is 480 g/mol. The minimum absolute atomic E-state index is 0.0441. The number of aromatic nitrogens is 1. The van der Waals surface area contributed by atoms with Gasteiger partial charge in [0.15, 0.2) is 5.88 Å². The number of rotatable bonds is 10. The van der Waals surface area contributed by atoms with Crippen LogP contribution in [0.3, 0.4) is 0 Å². The van der Waals surface area contributed by atoms with Crippen molar-refractivity contribution in [2.75, 3.05) is 40.3 Å². The number of fused-ring (bicyclic) bond motifs is 1. The molecule has 1 aromatic heterocycles. The molecule has 196 valence electrons. The van der Waals surface area contributed by atoms with E-state index < -0.39 is 0 Å². The van der Waals surface area contributed by atoms with E-state index in [1.165, 1.54) is 0 Å². The smallest absolute Gasteiger partial charge is 0.253 e. The summed E-state index contributed by atoms with van der Waals surface area (Å²) in [5, 5.41) is 21.1. The summed E-state index contributed by atoms with van der Waals surface area (Å²) in [6.45, 7) is 3.20. The number of aliphatic hydroxyl groups is 1. The average molecular weight is 513 g/mol. The van der Waals surface area contributed by atoms with E-state index in [1.807, 2.05) is 62.3 Å². The largest absolute Gasteiger partial charge is 0.494 e. The number of aryl methyl sites for hydroxylation is 1. The molecular formula is C30H32N4O4. The second-order valence-corrected chi connectivity index (χ2v) is 9.41. The van der Waals surface area contributed by atoms with Crippen LogP contribution >= 0.6 is 0 Å². The van der Waals surface area contributed by atoms with Gasteiger partial charge < -0.3 is 25.0 Å². The number of nitrogens with zero attached hydrogens (tertiary/aromatic N) is 3. The monoisotopic (exact) mass is 512 g/mol. The van der Waals surface area contributed by atoms with Crippen molar-refractivity contribution in [2.24, 2.45) is 4.99 Å². The number of aliphatic imine (C=N–C) groups is 1. The molecule has 8 heteroatoms. The molecule has 1 heterocycles. The first-order chi connectivity index (χ1) is 18.3. The SMILES string of the molecule is Cc1cc2c(C(=Nc3ccc(C(=O)N(CCO)CCN(C)C)cc3)c3ccccc3)c(O)[nH]c2cc1C=O. The zero-order valence-corrected chi connectivity index (χ0v) is 21.8. The lowest BCUT2D eigenvalue weighted by atomic mass is 9.98. The third-order valence-electron chi connectivity index (χ3n) is 6.41. The van der Waals surface area contributed by atoms with Gasteiger partial charge in [-0.15, -0.1) is 0 Å². The fourth-order valence-electron chi connectivity index (χ4n) is 4.33. The highest BCUT2D eigenvalue weighted by molar-refractivity contribution is 6.22. The lowest BCUT2D eigenvalue weighted by Crippen LogP contribution is -2.38. The molecule has 0 unspecified atom stereocenters. The molecule has 0 atom stereocenters. The van der Waals surface area contributed by atoms with Crippen LogP contribution in [0.4, 0.5) is 5.69 Å². The molecule has 0 aliphatic heterocycles. The summed E-state index contributed by atoms with van der Waals surface area (Å²) in [7, 11) is 3.87. The lowest BCUT2D eigenvalue weighted by Gasteiger charge is -2.23. The van der Waals surface area contributed by atoms with Crippen molar-refractivity contribution in [1.29, 1.82) is 0 Å². The van der Waals surface area contributed by atoms with Crippen LogP contribution in [0.1, 0.15) is 37.4 Å². The predicted octanol–water partition coefficient (Wildman–Crippen LogP) is 4.16. The van der Waals surface area contributed by atoms with Gasteiger partial charge >= 0.3 is 0 Å². The second-order valence-electron chi connectivity index (χ2n) is 9.41. The van der Waals surface area contributed by atoms with Gasteiger partial charge in [0.05, 0.1) is 23.6 Å². The fourth-order valence-corrected chi connectivity index (χ4v) is 4.33. The van der Waals surface area contributed by atoms with Crippen LogP contribution in [0.25, 0.3) is 10.9 Å². The molecule has 4 rings (SSSR count). The lowest BCUT2D eigenvalue weighted by molar-refractivity contribution is 0.0710. The number of hydrogen-bond donors (Lipinski definition) is 3. The van der Waals surface area contributed by atoms with Crippen molar-refractivity contribution in [3.8, 4) is 5.88 Å². The molecule has 0 saturated heterocycles. The summed E-state index contributed by atoms with van der Waals surface area (Å²) >= 11 is 0. The topological polar surface area (TPSA) is 109 Å². The van der Waals surface area contributed by atoms with E-state index in [0.29, 0.717) is 46.7 Å². The molecule has 8 nitrogen and oxygen atoms in total. The van der Waals surface area contributed by atoms with Crippen LogP contribution in [0.2, 0.25) is 0 Å². The highest BCUT2D eigenvalue weighted by Gasteiger charge is 2.20. The van der Waals surface area contributed by atoms with Gasteiger partial charge in [-0.05, 0) is 63.0 Å². The van der Waals surface area contributed by atoms with Gasteiger partial charge in [-0.1, -0.05) is 30.3 Å². The number of H-pyrrole nitrogens is 1. The minimum atomic E-state index is -0.157. The third-order valence-corrected chi connectivity index (χ3v) is 6.41. The Balaban J connectivity index is 1.75. The maximum atomic E-state index is 13.1. The normalized spacial score (nSPS) is 11.8. The van der Waals surface area contributed by atoms with Gasteiger partial charge in [-0.2, -0.15) is 0 Å². The Bertz CT molecular complexity index is 1460. The van der Waals surface area contributed by atoms with Gasteiger partial charge in [-0.25, -0.2) is 4.99 Å². The van der Waals surface area contributed by atoms with Crippen molar-refractivity contribution >= 4 is 34.5 Å². The fraction of sp³-hybridized carbons (Fsp3) is 0.233. The Morgan fingerprint density at radius 1 is 0.974 bits per heavy atom. The minimum Gasteiger partial charge on any atom is -0.494 e. The third kappa shape index (κ3) is 5.82. The first-order valence-corrected chi connectivity index (χ1v) is 12.4. The quantitative estimate of drug-likeness (QED) is 0.218. The number of carbonyl (C=O) groups excluding carboxylic acids is 2. The zero-order chi connectivity index (χ0) is 27.2. The molecule has 0 saturated carbocycles. The standard InChI is InChI=1S/C30H32N4O4/c1-20-17-25-26(18-23(20)19-36)32-29(37)27(25)28(21-7-5-4-6-8-21)31-24-11-9-22(10-12-24)30(38)34(15-16-35)14-13-33(2)3/h4-12,17-19,32,35,37H,13-16H2,1-3H3. The van der Waals surface area contributed by atoms with E-state index in [-0.39, 0.29) is 24.9 Å². The van der Waals surface area contributed by atoms with Crippen LogP contribution in [0.5, 0.6) is 5.88 Å². The van der Waals surface area contributed by atoms with E-state index >= 15 is 0 Å². The van der Waals surface area contributed by atoms with Crippen LogP contribution in [-0.2, 0) is 0 Å². The van der Waals surface area contributed by atoms with Gasteiger partial charge in [0.25, 0.3) is 5.91 Å². The molecule has 0 bridgehead atoms. The zero-order valence-electron chi connectivity index (χ0n) is 21.8. The number of benzene rings is 3. The highest BCUT2D eigenvalue weighted by atomic mass is 16.3. The molecule has 4 aromatic rings. The Labute approximate surface area is 221 Å². The number of likely N-dealkylation sites (N-methyl/N-ethyl adjacent to an activating group) is 1. The molecule has 0 fully saturated rings. The molecule has 0 aliphatic carbocycles. The molecule has 38 heavy (non-hydrogen) atoms. The predicted molar refractivity (Wildman–Crippen MR) is 150 cm³/mol. The number of hydrogen-bond acceptors (Lipinski definition) is 6. The average Bonchev–Trinajstić information content (AvgIpc) is 3.23. The Morgan fingerprint density at radius 3 is 2.32 bits per heavy atom. The van der Waals surface area contributed by atoms with Crippen LogP contribution in [0.15, 0.2) is 71.7 Å². The van der Waals surface area contributed by atoms with E-state index in [9.17, 15) is 19.8 Å². The van der Waals surface area contributed by atoms with E-state index in [2.05, 4.69) is 4.98 Å². The second kappa shape index (κ2) is 11.9. The van der Waals surface area contributed by atoms with Gasteiger partial charge in [0, 0.05) is 47.2 Å². The summed E-state index contributed by atoms with van der Waals surface area (Å²) in [6, 6.07) is 20.1. The Hall–Kier alpha value is -4.27. The number of aliphatic hydroxyl groups excluding tert-OH is 1.